The van der Waals surface area contributed by atoms with Crippen LogP contribution in [0.25, 0.3) is 5.57 Å². The summed E-state index contributed by atoms with van der Waals surface area (Å²) in [7, 11) is 0. The highest BCUT2D eigenvalue weighted by Crippen LogP contribution is 2.28. The third-order valence-electron chi connectivity index (χ3n) is 4.06. The van der Waals surface area contributed by atoms with Gasteiger partial charge in [0.25, 0.3) is 0 Å². The molecule has 2 aromatic rings. The molecule has 1 atom stereocenters. The van der Waals surface area contributed by atoms with E-state index in [9.17, 15) is 4.79 Å². The fraction of sp³-hybridized carbons (Fsp3) is 0.200. The van der Waals surface area contributed by atoms with Gasteiger partial charge in [0.1, 0.15) is 0 Å². The van der Waals surface area contributed by atoms with Gasteiger partial charge in [0, 0.05) is 35.0 Å². The molecule has 28 heavy (non-hydrogen) atoms. The number of halogens is 2. The van der Waals surface area contributed by atoms with Gasteiger partial charge in [-0.2, -0.15) is 0 Å². The number of nitrogens with one attached hydrogen (secondary N) is 2. The van der Waals surface area contributed by atoms with E-state index in [0.29, 0.717) is 23.0 Å². The Bertz CT molecular complexity index is 951. The van der Waals surface area contributed by atoms with Crippen molar-refractivity contribution in [3.05, 3.63) is 75.4 Å². The van der Waals surface area contributed by atoms with E-state index in [2.05, 4.69) is 22.2 Å². The number of nitrogens with two attached hydrogens (primary N) is 1. The minimum Gasteiger partial charge on any atom is -0.360 e. The summed E-state index contributed by atoms with van der Waals surface area (Å²) in [6.07, 6.45) is 8.09. The molecule has 0 saturated carbocycles. The number of carbonyl (C=O) groups excluding carboxylic acids is 1. The summed E-state index contributed by atoms with van der Waals surface area (Å²) in [6, 6.07) is 5.30. The largest absolute Gasteiger partial charge is 0.360 e. The molecule has 1 aromatic heterocycles. The predicted octanol–water partition coefficient (Wildman–Crippen LogP) is 4.41. The van der Waals surface area contributed by atoms with Gasteiger partial charge in [-0.3, -0.25) is 4.79 Å². The van der Waals surface area contributed by atoms with Crippen LogP contribution in [-0.4, -0.2) is 23.5 Å². The van der Waals surface area contributed by atoms with Gasteiger partial charge in [0.2, 0.25) is 5.91 Å². The third kappa shape index (κ3) is 5.69. The van der Waals surface area contributed by atoms with Crippen molar-refractivity contribution >= 4 is 51.2 Å². The molecule has 1 aromatic carbocycles. The van der Waals surface area contributed by atoms with E-state index in [1.807, 2.05) is 24.3 Å². The van der Waals surface area contributed by atoms with E-state index in [1.165, 1.54) is 11.3 Å². The van der Waals surface area contributed by atoms with Crippen molar-refractivity contribution in [2.45, 2.75) is 18.9 Å². The highest BCUT2D eigenvalue weighted by Gasteiger charge is 2.12. The van der Waals surface area contributed by atoms with Crippen LogP contribution in [0.2, 0.25) is 10.0 Å². The minimum atomic E-state index is -0.124. The molecule has 146 valence electrons. The Balaban J connectivity index is 1.60. The highest BCUT2D eigenvalue weighted by molar-refractivity contribution is 7.16. The first-order valence-corrected chi connectivity index (χ1v) is 10.2. The predicted molar refractivity (Wildman–Crippen MR) is 118 cm³/mol. The SMILES string of the molecule is C=C1/C=C(c2cnc(NC[C@@H](N)Cc3ccc(Cl)cc3Cl)s2)\C=C/NC(=O)C1. The summed E-state index contributed by atoms with van der Waals surface area (Å²) < 4.78 is 0. The van der Waals surface area contributed by atoms with Crippen LogP contribution in [0.4, 0.5) is 5.13 Å². The first-order chi connectivity index (χ1) is 13.4. The van der Waals surface area contributed by atoms with Crippen LogP contribution in [0.15, 0.2) is 54.9 Å². The Labute approximate surface area is 177 Å². The van der Waals surface area contributed by atoms with Crippen molar-refractivity contribution in [3.8, 4) is 0 Å². The maximum atomic E-state index is 11.5. The van der Waals surface area contributed by atoms with Gasteiger partial charge < -0.3 is 16.4 Å². The van der Waals surface area contributed by atoms with E-state index in [4.69, 9.17) is 28.9 Å². The molecule has 1 aliphatic rings. The van der Waals surface area contributed by atoms with Gasteiger partial charge in [-0.1, -0.05) is 53.3 Å². The van der Waals surface area contributed by atoms with Crippen LogP contribution in [0, 0.1) is 0 Å². The lowest BCUT2D eigenvalue weighted by atomic mass is 10.1. The average Bonchev–Trinajstić information content (AvgIpc) is 3.09. The number of rotatable bonds is 6. The molecule has 0 spiro atoms. The first kappa shape index (κ1) is 20.6. The Morgan fingerprint density at radius 1 is 1.39 bits per heavy atom. The number of aromatic nitrogens is 1. The van der Waals surface area contributed by atoms with Crippen molar-refractivity contribution in [1.82, 2.24) is 10.3 Å². The van der Waals surface area contributed by atoms with Crippen molar-refractivity contribution in [3.63, 3.8) is 0 Å². The summed E-state index contributed by atoms with van der Waals surface area (Å²) in [4.78, 5) is 16.9. The lowest BCUT2D eigenvalue weighted by Gasteiger charge is -2.13. The van der Waals surface area contributed by atoms with Gasteiger partial charge in [-0.05, 0) is 41.3 Å². The molecule has 4 N–H and O–H groups in total. The number of allylic oxidation sites excluding steroid dienone is 3. The quantitative estimate of drug-likeness (QED) is 0.628. The van der Waals surface area contributed by atoms with Crippen LogP contribution >= 0.6 is 34.5 Å². The Morgan fingerprint density at radius 2 is 2.21 bits per heavy atom. The zero-order valence-electron chi connectivity index (χ0n) is 15.0. The molecule has 1 amide bonds. The number of nitrogens with zero attached hydrogens (tertiary/aromatic N) is 1. The summed E-state index contributed by atoms with van der Waals surface area (Å²) in [5.74, 6) is -0.0713. The second-order valence-electron chi connectivity index (χ2n) is 6.45. The number of carbonyl (C=O) groups is 1. The smallest absolute Gasteiger partial charge is 0.228 e. The average molecular weight is 435 g/mol. The Hall–Kier alpha value is -2.12. The van der Waals surface area contributed by atoms with Crippen LogP contribution in [0.3, 0.4) is 0 Å². The van der Waals surface area contributed by atoms with E-state index < -0.39 is 0 Å². The van der Waals surface area contributed by atoms with Crippen molar-refractivity contribution in [1.29, 1.82) is 0 Å². The van der Waals surface area contributed by atoms with Crippen LogP contribution in [-0.2, 0) is 11.2 Å². The van der Waals surface area contributed by atoms with Gasteiger partial charge in [-0.25, -0.2) is 4.98 Å². The summed E-state index contributed by atoms with van der Waals surface area (Å²) in [5.41, 5.74) is 8.89. The van der Waals surface area contributed by atoms with Crippen molar-refractivity contribution < 1.29 is 4.79 Å². The summed E-state index contributed by atoms with van der Waals surface area (Å²) in [6.45, 7) is 4.48. The second kappa shape index (κ2) is 9.39. The van der Waals surface area contributed by atoms with Crippen LogP contribution in [0.1, 0.15) is 16.9 Å². The number of thiazole rings is 1. The fourth-order valence-electron chi connectivity index (χ4n) is 2.70. The number of hydrogen-bond acceptors (Lipinski definition) is 5. The molecule has 5 nitrogen and oxygen atoms in total. The monoisotopic (exact) mass is 434 g/mol. The van der Waals surface area contributed by atoms with Crippen molar-refractivity contribution in [2.24, 2.45) is 5.73 Å². The Kier molecular flexibility index (Phi) is 6.91. The minimum absolute atomic E-state index is 0.0713. The normalized spacial score (nSPS) is 18.5. The fourth-order valence-corrected chi connectivity index (χ4v) is 4.01. The molecule has 3 rings (SSSR count). The molecule has 0 fully saturated rings. The standard InChI is InChI=1S/C20H20Cl2N4OS/c1-12-6-14(4-5-24-19(27)7-12)18-11-26-20(28-18)25-10-16(23)8-13-2-3-15(21)9-17(13)22/h2-6,9,11,16H,1,7-8,10,23H2,(H,24,27)(H,25,26)/b5-4-,14-6+/t16-/m0/s1. The highest BCUT2D eigenvalue weighted by atomic mass is 35.5. The molecule has 0 radical (unpaired) electrons. The molecule has 8 heteroatoms. The topological polar surface area (TPSA) is 80.0 Å². The molecule has 1 aliphatic heterocycles. The molecule has 2 heterocycles. The van der Waals surface area contributed by atoms with Gasteiger partial charge in [0.15, 0.2) is 5.13 Å². The van der Waals surface area contributed by atoms with Gasteiger partial charge in [0.05, 0.1) is 11.3 Å². The third-order valence-corrected chi connectivity index (χ3v) is 5.65. The second-order valence-corrected chi connectivity index (χ2v) is 8.32. The number of benzene rings is 1. The first-order valence-electron chi connectivity index (χ1n) is 8.65. The van der Waals surface area contributed by atoms with E-state index in [1.54, 1.807) is 18.5 Å². The van der Waals surface area contributed by atoms with E-state index in [-0.39, 0.29) is 18.4 Å². The molecular weight excluding hydrogens is 415 g/mol. The number of anilines is 1. The maximum Gasteiger partial charge on any atom is 0.228 e. The number of hydrogen-bond donors (Lipinski definition) is 3. The molecule has 0 bridgehead atoms. The maximum absolute atomic E-state index is 11.5. The van der Waals surface area contributed by atoms with Gasteiger partial charge in [-0.15, -0.1) is 0 Å². The van der Waals surface area contributed by atoms with Crippen LogP contribution in [0.5, 0.6) is 0 Å². The summed E-state index contributed by atoms with van der Waals surface area (Å²) >= 11 is 13.7. The van der Waals surface area contributed by atoms with E-state index >= 15 is 0 Å². The zero-order chi connectivity index (χ0) is 20.1. The lowest BCUT2D eigenvalue weighted by Crippen LogP contribution is -2.31. The van der Waals surface area contributed by atoms with Crippen molar-refractivity contribution in [2.75, 3.05) is 11.9 Å². The van der Waals surface area contributed by atoms with E-state index in [0.717, 1.165) is 26.7 Å². The molecule has 0 saturated heterocycles. The zero-order valence-corrected chi connectivity index (χ0v) is 17.4. The number of amides is 1. The molecule has 0 aliphatic carbocycles. The van der Waals surface area contributed by atoms with Gasteiger partial charge >= 0.3 is 0 Å². The Morgan fingerprint density at radius 3 is 3.00 bits per heavy atom. The molecular formula is C20H20Cl2N4OS. The lowest BCUT2D eigenvalue weighted by molar-refractivity contribution is -0.119. The molecule has 0 unspecified atom stereocenters. The van der Waals surface area contributed by atoms with Crippen LogP contribution < -0.4 is 16.4 Å². The summed E-state index contributed by atoms with van der Waals surface area (Å²) in [5, 5.41) is 7.98.